The van der Waals surface area contributed by atoms with Crippen LogP contribution in [0.2, 0.25) is 5.02 Å². The molecule has 1 atom stereocenters. The molecule has 2 aliphatic heterocycles. The molecule has 3 heterocycles. The number of fused-ring (bicyclic) bond motifs is 1. The Labute approximate surface area is 272 Å². The van der Waals surface area contributed by atoms with Crippen LogP contribution in [-0.4, -0.2) is 91.5 Å². The summed E-state index contributed by atoms with van der Waals surface area (Å²) in [5.41, 5.74) is 2.14. The molecule has 0 bridgehead atoms. The molecule has 0 saturated carbocycles. The van der Waals surface area contributed by atoms with Crippen molar-refractivity contribution in [2.45, 2.75) is 12.5 Å². The largest absolute Gasteiger partial charge is 0.478 e. The van der Waals surface area contributed by atoms with Gasteiger partial charge in [0.15, 0.2) is 5.82 Å². The third-order valence-electron chi connectivity index (χ3n) is 8.08. The van der Waals surface area contributed by atoms with Gasteiger partial charge in [0.1, 0.15) is 12.4 Å². The fraction of sp³-hybridized carbons (Fsp3) is 0.219. The van der Waals surface area contributed by atoms with E-state index in [2.05, 4.69) is 26.2 Å². The van der Waals surface area contributed by atoms with Crippen molar-refractivity contribution in [3.05, 3.63) is 106 Å². The van der Waals surface area contributed by atoms with Crippen molar-refractivity contribution in [3.8, 4) is 5.69 Å². The predicted molar refractivity (Wildman–Crippen MR) is 169 cm³/mol. The van der Waals surface area contributed by atoms with E-state index in [4.69, 9.17) is 11.6 Å². The Morgan fingerprint density at radius 2 is 1.79 bits per heavy atom. The SMILES string of the molecule is O=C(O)c1ccc(NC(=O)C2c3cccc(C(=O)N4CCNCC4)c3CCN2C(=O)/C=C/c2c(-n3cnnn3)ccc(Cl)c2F)cc1. The number of amides is 3. The molecule has 1 aromatic heterocycles. The van der Waals surface area contributed by atoms with Crippen molar-refractivity contribution < 1.29 is 28.7 Å². The smallest absolute Gasteiger partial charge is 0.335 e. The summed E-state index contributed by atoms with van der Waals surface area (Å²) in [6.07, 6.45) is 3.96. The number of hydrogen-bond acceptors (Lipinski definition) is 8. The lowest BCUT2D eigenvalue weighted by atomic mass is 9.87. The van der Waals surface area contributed by atoms with Crippen LogP contribution >= 0.6 is 11.6 Å². The summed E-state index contributed by atoms with van der Waals surface area (Å²) in [6.45, 7) is 2.50. The number of carboxylic acid groups (broad SMARTS) is 1. The highest BCUT2D eigenvalue weighted by Crippen LogP contribution is 2.34. The van der Waals surface area contributed by atoms with Gasteiger partial charge in [0.25, 0.3) is 11.8 Å². The first-order valence-electron chi connectivity index (χ1n) is 14.7. The molecule has 3 N–H and O–H groups in total. The maximum Gasteiger partial charge on any atom is 0.335 e. The number of carbonyl (C=O) groups excluding carboxylic acids is 3. The summed E-state index contributed by atoms with van der Waals surface area (Å²) < 4.78 is 16.4. The van der Waals surface area contributed by atoms with Crippen LogP contribution in [0.25, 0.3) is 11.8 Å². The lowest BCUT2D eigenvalue weighted by Gasteiger charge is -2.37. The highest BCUT2D eigenvalue weighted by molar-refractivity contribution is 6.31. The third kappa shape index (κ3) is 6.46. The fourth-order valence-corrected chi connectivity index (χ4v) is 5.94. The second-order valence-electron chi connectivity index (χ2n) is 10.9. The van der Waals surface area contributed by atoms with Gasteiger partial charge in [-0.25, -0.2) is 9.18 Å². The molecule has 2 aliphatic rings. The van der Waals surface area contributed by atoms with E-state index in [0.29, 0.717) is 55.0 Å². The molecule has 0 aliphatic carbocycles. The van der Waals surface area contributed by atoms with E-state index in [1.807, 2.05) is 0 Å². The van der Waals surface area contributed by atoms with Gasteiger partial charge in [-0.3, -0.25) is 14.4 Å². The van der Waals surface area contributed by atoms with Gasteiger partial charge in [0, 0.05) is 55.6 Å². The second kappa shape index (κ2) is 13.5. The Hall–Kier alpha value is -5.47. The molecule has 1 saturated heterocycles. The predicted octanol–water partition coefficient (Wildman–Crippen LogP) is 2.98. The molecule has 47 heavy (non-hydrogen) atoms. The first kappa shape index (κ1) is 31.5. The molecule has 0 radical (unpaired) electrons. The number of tetrazole rings is 1. The summed E-state index contributed by atoms with van der Waals surface area (Å²) in [4.78, 5) is 55.8. The van der Waals surface area contributed by atoms with Crippen LogP contribution < -0.4 is 10.6 Å². The van der Waals surface area contributed by atoms with Gasteiger partial charge in [-0.05, 0) is 76.5 Å². The van der Waals surface area contributed by atoms with Crippen molar-refractivity contribution in [2.75, 3.05) is 38.0 Å². The number of carboxylic acids is 1. The van der Waals surface area contributed by atoms with Crippen LogP contribution in [0.1, 0.15) is 43.4 Å². The summed E-state index contributed by atoms with van der Waals surface area (Å²) in [5, 5.41) is 26.1. The summed E-state index contributed by atoms with van der Waals surface area (Å²) in [7, 11) is 0. The highest BCUT2D eigenvalue weighted by atomic mass is 35.5. The van der Waals surface area contributed by atoms with Gasteiger partial charge in [-0.15, -0.1) is 5.10 Å². The standard InChI is InChI=1S/C32H28ClFN8O5/c33-25-9-10-26(42-18-36-38-39-42)24(28(25)34)8-11-27(43)41-15-12-21-22(2-1-3-23(21)31(45)40-16-13-35-14-17-40)29(41)30(44)37-20-6-4-19(5-7-20)32(46)47/h1-11,18,29,35H,12-17H2,(H,37,44)(H,46,47)/b11-8+. The van der Waals surface area contributed by atoms with Crippen molar-refractivity contribution >= 4 is 47.1 Å². The number of hydrogen-bond donors (Lipinski definition) is 3. The summed E-state index contributed by atoms with van der Waals surface area (Å²) >= 11 is 6.05. The Kier molecular flexibility index (Phi) is 9.04. The number of anilines is 1. The highest BCUT2D eigenvalue weighted by Gasteiger charge is 2.37. The minimum atomic E-state index is -1.17. The summed E-state index contributed by atoms with van der Waals surface area (Å²) in [6, 6.07) is 12.4. The van der Waals surface area contributed by atoms with Gasteiger partial charge in [0.2, 0.25) is 5.91 Å². The minimum absolute atomic E-state index is 0.0401. The number of nitrogens with one attached hydrogen (secondary N) is 2. The van der Waals surface area contributed by atoms with Crippen molar-refractivity contribution in [2.24, 2.45) is 0 Å². The molecule has 3 amide bonds. The van der Waals surface area contributed by atoms with Crippen LogP contribution in [0, 0.1) is 5.82 Å². The fourth-order valence-electron chi connectivity index (χ4n) is 5.77. The number of piperazine rings is 1. The molecule has 0 spiro atoms. The van der Waals surface area contributed by atoms with Crippen LogP contribution in [-0.2, 0) is 16.0 Å². The number of aromatic nitrogens is 4. The molecule has 4 aromatic rings. The zero-order chi connectivity index (χ0) is 33.1. The molecule has 3 aromatic carbocycles. The van der Waals surface area contributed by atoms with Gasteiger partial charge in [0.05, 0.1) is 16.3 Å². The lowest BCUT2D eigenvalue weighted by Crippen LogP contribution is -2.48. The van der Waals surface area contributed by atoms with Crippen LogP contribution in [0.3, 0.4) is 0 Å². The molecule has 6 rings (SSSR count). The minimum Gasteiger partial charge on any atom is -0.478 e. The zero-order valence-corrected chi connectivity index (χ0v) is 25.5. The Morgan fingerprint density at radius 3 is 2.49 bits per heavy atom. The number of nitrogens with zero attached hydrogens (tertiary/aromatic N) is 6. The lowest BCUT2D eigenvalue weighted by molar-refractivity contribution is -0.135. The maximum atomic E-state index is 15.2. The molecule has 13 nitrogen and oxygen atoms in total. The summed E-state index contributed by atoms with van der Waals surface area (Å²) in [5.74, 6) is -3.24. The van der Waals surface area contributed by atoms with Crippen LogP contribution in [0.15, 0.2) is 67.0 Å². The van der Waals surface area contributed by atoms with E-state index in [-0.39, 0.29) is 34.3 Å². The van der Waals surface area contributed by atoms with E-state index >= 15 is 4.39 Å². The number of carbonyl (C=O) groups is 4. The van der Waals surface area contributed by atoms with Crippen LogP contribution in [0.4, 0.5) is 10.1 Å². The molecule has 1 unspecified atom stereocenters. The molecular weight excluding hydrogens is 631 g/mol. The topological polar surface area (TPSA) is 163 Å². The second-order valence-corrected chi connectivity index (χ2v) is 11.3. The van der Waals surface area contributed by atoms with Gasteiger partial charge in [-0.1, -0.05) is 23.7 Å². The van der Waals surface area contributed by atoms with Gasteiger partial charge < -0.3 is 25.5 Å². The number of aromatic carboxylic acids is 1. The molecule has 15 heteroatoms. The Morgan fingerprint density at radius 1 is 1.02 bits per heavy atom. The van der Waals surface area contributed by atoms with E-state index in [0.717, 1.165) is 6.08 Å². The number of rotatable bonds is 7. The average molecular weight is 659 g/mol. The zero-order valence-electron chi connectivity index (χ0n) is 24.8. The van der Waals surface area contributed by atoms with Crippen molar-refractivity contribution in [1.29, 1.82) is 0 Å². The Balaban J connectivity index is 1.36. The van der Waals surface area contributed by atoms with E-state index in [1.165, 1.54) is 58.4 Å². The van der Waals surface area contributed by atoms with Crippen LogP contribution in [0.5, 0.6) is 0 Å². The first-order valence-corrected chi connectivity index (χ1v) is 15.1. The molecule has 1 fully saturated rings. The van der Waals surface area contributed by atoms with E-state index in [1.54, 1.807) is 23.1 Å². The Bertz CT molecular complexity index is 1880. The van der Waals surface area contributed by atoms with Gasteiger partial charge >= 0.3 is 5.97 Å². The molecular formula is C32H28ClFN8O5. The van der Waals surface area contributed by atoms with E-state index < -0.39 is 29.6 Å². The van der Waals surface area contributed by atoms with Crippen molar-refractivity contribution in [1.82, 2.24) is 35.3 Å². The van der Waals surface area contributed by atoms with Gasteiger partial charge in [-0.2, -0.15) is 4.68 Å². The van der Waals surface area contributed by atoms with Crippen molar-refractivity contribution in [3.63, 3.8) is 0 Å². The van der Waals surface area contributed by atoms with E-state index in [9.17, 15) is 24.3 Å². The number of halogens is 2. The maximum absolute atomic E-state index is 15.2. The number of benzene rings is 3. The quantitative estimate of drug-likeness (QED) is 0.253. The molecule has 240 valence electrons. The third-order valence-corrected chi connectivity index (χ3v) is 8.38. The normalized spacial score (nSPS) is 16.2. The first-order chi connectivity index (χ1) is 22.7. The average Bonchev–Trinajstić information content (AvgIpc) is 3.63. The monoisotopic (exact) mass is 658 g/mol.